The number of hydrogen-bond acceptors (Lipinski definition) is 4. The number of aryl methyl sites for hydroxylation is 2. The van der Waals surface area contributed by atoms with Gasteiger partial charge in [-0.2, -0.15) is 0 Å². The zero-order valence-corrected chi connectivity index (χ0v) is 28.3. The zero-order valence-electron chi connectivity index (χ0n) is 25.2. The molecule has 0 bridgehead atoms. The summed E-state index contributed by atoms with van der Waals surface area (Å²) in [4.78, 5) is 30.6. The lowest BCUT2D eigenvalue weighted by molar-refractivity contribution is -0.138. The van der Waals surface area contributed by atoms with Gasteiger partial charge >= 0.3 is 0 Å². The number of halogens is 2. The van der Waals surface area contributed by atoms with Crippen molar-refractivity contribution >= 4 is 43.7 Å². The third-order valence-electron chi connectivity index (χ3n) is 7.29. The second kappa shape index (κ2) is 17.0. The highest BCUT2D eigenvalue weighted by Crippen LogP contribution is 2.27. The fourth-order valence-electron chi connectivity index (χ4n) is 4.66. The molecule has 0 aliphatic rings. The number of rotatable bonds is 15. The van der Waals surface area contributed by atoms with Gasteiger partial charge in [0.05, 0.1) is 8.95 Å². The van der Waals surface area contributed by atoms with Crippen molar-refractivity contribution in [2.24, 2.45) is 0 Å². The van der Waals surface area contributed by atoms with Crippen molar-refractivity contribution in [1.82, 2.24) is 9.80 Å². The Morgan fingerprint density at radius 3 is 1.30 bits per heavy atom. The SMILES string of the molecule is CCc1ccc(OCC(=O)N(CCN(Cc2ccccc2)C(=O)COc2ccc(CC)cc2Br)Cc2ccccc2)c(Br)c1. The number of carbonyl (C=O) groups excluding carboxylic acids is 2. The van der Waals surface area contributed by atoms with E-state index >= 15 is 0 Å². The summed E-state index contributed by atoms with van der Waals surface area (Å²) in [5.41, 5.74) is 4.36. The molecule has 230 valence electrons. The molecule has 0 aromatic heterocycles. The average molecular weight is 723 g/mol. The standard InChI is InChI=1S/C36H38Br2N2O4/c1-3-27-15-17-33(31(37)21-27)43-25-35(41)39(23-29-11-7-5-8-12-29)19-20-40(24-30-13-9-6-10-14-30)36(42)26-44-34-18-16-28(4-2)22-32(34)38/h5-18,21-22H,3-4,19-20,23-26H2,1-2H3. The van der Waals surface area contributed by atoms with E-state index in [0.29, 0.717) is 37.7 Å². The molecule has 44 heavy (non-hydrogen) atoms. The van der Waals surface area contributed by atoms with Gasteiger partial charge in [0.25, 0.3) is 11.8 Å². The van der Waals surface area contributed by atoms with Gasteiger partial charge in [0.2, 0.25) is 0 Å². The summed E-state index contributed by atoms with van der Waals surface area (Å²) in [6.45, 7) is 5.42. The Hall–Kier alpha value is -3.62. The minimum atomic E-state index is -0.163. The van der Waals surface area contributed by atoms with Gasteiger partial charge in [-0.25, -0.2) is 0 Å². The van der Waals surface area contributed by atoms with Crippen molar-refractivity contribution in [3.8, 4) is 11.5 Å². The van der Waals surface area contributed by atoms with Crippen LogP contribution in [-0.4, -0.2) is 47.9 Å². The van der Waals surface area contributed by atoms with Gasteiger partial charge in [0.1, 0.15) is 11.5 Å². The lowest BCUT2D eigenvalue weighted by Crippen LogP contribution is -2.43. The van der Waals surface area contributed by atoms with Crippen molar-refractivity contribution in [2.45, 2.75) is 39.8 Å². The Morgan fingerprint density at radius 2 is 0.955 bits per heavy atom. The molecule has 8 heteroatoms. The molecule has 0 atom stereocenters. The number of nitrogens with zero attached hydrogens (tertiary/aromatic N) is 2. The summed E-state index contributed by atoms with van der Waals surface area (Å²) in [6, 6.07) is 31.4. The first kappa shape index (κ1) is 33.3. The number of ether oxygens (including phenoxy) is 2. The highest BCUT2D eigenvalue weighted by Gasteiger charge is 2.21. The largest absolute Gasteiger partial charge is 0.483 e. The Morgan fingerprint density at radius 1 is 0.568 bits per heavy atom. The second-order valence-corrected chi connectivity index (χ2v) is 12.1. The van der Waals surface area contributed by atoms with Crippen molar-refractivity contribution in [3.63, 3.8) is 0 Å². The maximum atomic E-state index is 13.5. The average Bonchev–Trinajstić information content (AvgIpc) is 3.05. The molecule has 0 aliphatic heterocycles. The fraction of sp³-hybridized carbons (Fsp3) is 0.278. The van der Waals surface area contributed by atoms with Crippen molar-refractivity contribution in [3.05, 3.63) is 128 Å². The second-order valence-electron chi connectivity index (χ2n) is 10.4. The maximum Gasteiger partial charge on any atom is 0.260 e. The first-order valence-corrected chi connectivity index (χ1v) is 16.4. The van der Waals surface area contributed by atoms with Gasteiger partial charge in [-0.05, 0) is 91.2 Å². The van der Waals surface area contributed by atoms with Crippen LogP contribution in [-0.2, 0) is 35.5 Å². The molecule has 0 unspecified atom stereocenters. The van der Waals surface area contributed by atoms with E-state index in [1.54, 1.807) is 9.80 Å². The van der Waals surface area contributed by atoms with E-state index in [4.69, 9.17) is 9.47 Å². The molecule has 0 spiro atoms. The smallest absolute Gasteiger partial charge is 0.260 e. The van der Waals surface area contributed by atoms with E-state index in [-0.39, 0.29) is 25.0 Å². The summed E-state index contributed by atoms with van der Waals surface area (Å²) in [5, 5.41) is 0. The molecule has 6 nitrogen and oxygen atoms in total. The van der Waals surface area contributed by atoms with Crippen LogP contribution in [0.2, 0.25) is 0 Å². The summed E-state index contributed by atoms with van der Waals surface area (Å²) >= 11 is 7.12. The zero-order chi connectivity index (χ0) is 31.3. The van der Waals surface area contributed by atoms with Gasteiger partial charge in [-0.1, -0.05) is 86.6 Å². The Bertz CT molecular complexity index is 1400. The summed E-state index contributed by atoms with van der Waals surface area (Å²) in [5.74, 6) is 0.907. The Kier molecular flexibility index (Phi) is 12.9. The molecule has 4 rings (SSSR count). The monoisotopic (exact) mass is 720 g/mol. The first-order valence-electron chi connectivity index (χ1n) is 14.8. The van der Waals surface area contributed by atoms with Crippen LogP contribution in [0.5, 0.6) is 11.5 Å². The Labute approximate surface area is 277 Å². The molecule has 2 amide bonds. The van der Waals surface area contributed by atoms with Crippen LogP contribution in [0.15, 0.2) is 106 Å². The van der Waals surface area contributed by atoms with Crippen LogP contribution in [0.25, 0.3) is 0 Å². The third kappa shape index (κ3) is 9.96. The van der Waals surface area contributed by atoms with Crippen molar-refractivity contribution in [1.29, 1.82) is 0 Å². The van der Waals surface area contributed by atoms with Crippen LogP contribution in [0.3, 0.4) is 0 Å². The molecule has 0 saturated carbocycles. The normalized spacial score (nSPS) is 10.7. The summed E-state index contributed by atoms with van der Waals surface area (Å²) in [6.07, 6.45) is 1.82. The van der Waals surface area contributed by atoms with E-state index in [1.165, 1.54) is 11.1 Å². The van der Waals surface area contributed by atoms with Gasteiger partial charge in [0.15, 0.2) is 13.2 Å². The summed E-state index contributed by atoms with van der Waals surface area (Å²) < 4.78 is 13.5. The quantitative estimate of drug-likeness (QED) is 0.126. The predicted octanol–water partition coefficient (Wildman–Crippen LogP) is 7.85. The number of benzene rings is 4. The van der Waals surface area contributed by atoms with Crippen LogP contribution < -0.4 is 9.47 Å². The van der Waals surface area contributed by atoms with E-state index in [0.717, 1.165) is 32.9 Å². The third-order valence-corrected chi connectivity index (χ3v) is 8.53. The van der Waals surface area contributed by atoms with Gasteiger partial charge in [0, 0.05) is 26.2 Å². The van der Waals surface area contributed by atoms with E-state index in [2.05, 4.69) is 45.7 Å². The molecule has 4 aromatic rings. The van der Waals surface area contributed by atoms with Crippen LogP contribution in [0.1, 0.15) is 36.1 Å². The minimum absolute atomic E-state index is 0.117. The number of carbonyl (C=O) groups is 2. The van der Waals surface area contributed by atoms with Crippen LogP contribution in [0.4, 0.5) is 0 Å². The maximum absolute atomic E-state index is 13.5. The Balaban J connectivity index is 1.47. The van der Waals surface area contributed by atoms with E-state index in [1.807, 2.05) is 97.1 Å². The topological polar surface area (TPSA) is 59.1 Å². The van der Waals surface area contributed by atoms with E-state index in [9.17, 15) is 9.59 Å². The number of hydrogen-bond donors (Lipinski definition) is 0. The van der Waals surface area contributed by atoms with Crippen LogP contribution >= 0.6 is 31.9 Å². The molecule has 0 radical (unpaired) electrons. The molecular formula is C36H38Br2N2O4. The number of amides is 2. The highest BCUT2D eigenvalue weighted by atomic mass is 79.9. The molecule has 0 saturated heterocycles. The fourth-order valence-corrected chi connectivity index (χ4v) is 5.74. The molecular weight excluding hydrogens is 684 g/mol. The molecule has 0 heterocycles. The lowest BCUT2D eigenvalue weighted by atomic mass is 10.2. The summed E-state index contributed by atoms with van der Waals surface area (Å²) in [7, 11) is 0. The molecule has 0 N–H and O–H groups in total. The molecule has 0 fully saturated rings. The first-order chi connectivity index (χ1) is 21.4. The van der Waals surface area contributed by atoms with E-state index < -0.39 is 0 Å². The van der Waals surface area contributed by atoms with Gasteiger partial charge < -0.3 is 19.3 Å². The minimum Gasteiger partial charge on any atom is -0.483 e. The lowest BCUT2D eigenvalue weighted by Gasteiger charge is -2.28. The molecule has 4 aromatic carbocycles. The van der Waals surface area contributed by atoms with Crippen molar-refractivity contribution < 1.29 is 19.1 Å². The van der Waals surface area contributed by atoms with Crippen molar-refractivity contribution in [2.75, 3.05) is 26.3 Å². The van der Waals surface area contributed by atoms with Gasteiger partial charge in [-0.15, -0.1) is 0 Å². The molecule has 0 aliphatic carbocycles. The predicted molar refractivity (Wildman–Crippen MR) is 182 cm³/mol. The van der Waals surface area contributed by atoms with Gasteiger partial charge in [-0.3, -0.25) is 9.59 Å². The highest BCUT2D eigenvalue weighted by molar-refractivity contribution is 9.10. The van der Waals surface area contributed by atoms with Crippen LogP contribution in [0, 0.1) is 0 Å².